The van der Waals surface area contributed by atoms with Crippen LogP contribution in [-0.4, -0.2) is 54.6 Å². The van der Waals surface area contributed by atoms with Crippen LogP contribution in [0.5, 0.6) is 0 Å². The Kier molecular flexibility index (Phi) is 5.27. The fraction of sp³-hybridized carbons (Fsp3) is 1.00. The molecule has 1 saturated carbocycles. The van der Waals surface area contributed by atoms with Crippen LogP contribution < -0.4 is 5.73 Å². The molecule has 1 unspecified atom stereocenters. The van der Waals surface area contributed by atoms with Gasteiger partial charge < -0.3 is 10.6 Å². The van der Waals surface area contributed by atoms with Crippen LogP contribution in [0.2, 0.25) is 0 Å². The molecule has 0 spiro atoms. The van der Waals surface area contributed by atoms with E-state index in [-0.39, 0.29) is 5.54 Å². The second-order valence-corrected chi connectivity index (χ2v) is 7.09. The summed E-state index contributed by atoms with van der Waals surface area (Å²) in [5.74, 6) is 0.942. The highest BCUT2D eigenvalue weighted by Crippen LogP contribution is 2.33. The lowest BCUT2D eigenvalue weighted by Crippen LogP contribution is -2.54. The Morgan fingerprint density at radius 1 is 1.21 bits per heavy atom. The SMILES string of the molecule is CC(C)N1CCCC(CN)(N(C)CC2CCC2)CC1. The van der Waals surface area contributed by atoms with Crippen molar-refractivity contribution in [1.82, 2.24) is 9.80 Å². The maximum absolute atomic E-state index is 6.21. The summed E-state index contributed by atoms with van der Waals surface area (Å²) in [5, 5.41) is 0. The standard InChI is InChI=1S/C16H33N3/c1-14(2)19-10-5-8-16(13-17,9-11-19)18(3)12-15-6-4-7-15/h14-15H,4-13,17H2,1-3H3. The van der Waals surface area contributed by atoms with Crippen LogP contribution in [-0.2, 0) is 0 Å². The molecule has 19 heavy (non-hydrogen) atoms. The van der Waals surface area contributed by atoms with Crippen LogP contribution >= 0.6 is 0 Å². The van der Waals surface area contributed by atoms with E-state index in [1.54, 1.807) is 0 Å². The van der Waals surface area contributed by atoms with Crippen molar-refractivity contribution in [2.75, 3.05) is 33.2 Å². The zero-order valence-electron chi connectivity index (χ0n) is 13.2. The maximum atomic E-state index is 6.21. The molecule has 0 aromatic rings. The number of likely N-dealkylation sites (tertiary alicyclic amines) is 1. The molecule has 3 heteroatoms. The van der Waals surface area contributed by atoms with Crippen LogP contribution in [0, 0.1) is 5.92 Å². The quantitative estimate of drug-likeness (QED) is 0.829. The minimum Gasteiger partial charge on any atom is -0.329 e. The Labute approximate surface area is 119 Å². The van der Waals surface area contributed by atoms with Crippen LogP contribution in [0.3, 0.4) is 0 Å². The van der Waals surface area contributed by atoms with Crippen molar-refractivity contribution in [3.63, 3.8) is 0 Å². The number of hydrogen-bond acceptors (Lipinski definition) is 3. The topological polar surface area (TPSA) is 32.5 Å². The molecule has 2 rings (SSSR count). The minimum atomic E-state index is 0.263. The normalized spacial score (nSPS) is 30.6. The molecule has 2 N–H and O–H groups in total. The third kappa shape index (κ3) is 3.50. The zero-order chi connectivity index (χ0) is 13.9. The molecule has 0 amide bonds. The molecule has 1 aliphatic heterocycles. The summed E-state index contributed by atoms with van der Waals surface area (Å²) in [5.41, 5.74) is 6.47. The third-order valence-electron chi connectivity index (χ3n) is 5.63. The predicted molar refractivity (Wildman–Crippen MR) is 82.3 cm³/mol. The summed E-state index contributed by atoms with van der Waals surface area (Å²) < 4.78 is 0. The first-order valence-electron chi connectivity index (χ1n) is 8.23. The van der Waals surface area contributed by atoms with E-state index in [2.05, 4.69) is 30.7 Å². The molecule has 3 nitrogen and oxygen atoms in total. The Morgan fingerprint density at radius 3 is 2.47 bits per heavy atom. The minimum absolute atomic E-state index is 0.263. The largest absolute Gasteiger partial charge is 0.329 e. The van der Waals surface area contributed by atoms with Gasteiger partial charge in [-0.3, -0.25) is 4.90 Å². The van der Waals surface area contributed by atoms with Crippen molar-refractivity contribution in [1.29, 1.82) is 0 Å². The van der Waals surface area contributed by atoms with Gasteiger partial charge in [-0.1, -0.05) is 6.42 Å². The van der Waals surface area contributed by atoms with Crippen LogP contribution in [0.15, 0.2) is 0 Å². The highest BCUT2D eigenvalue weighted by atomic mass is 15.2. The van der Waals surface area contributed by atoms with Crippen molar-refractivity contribution in [2.24, 2.45) is 11.7 Å². The molecule has 1 saturated heterocycles. The van der Waals surface area contributed by atoms with E-state index in [0.29, 0.717) is 6.04 Å². The number of rotatable bonds is 5. The summed E-state index contributed by atoms with van der Waals surface area (Å²) in [4.78, 5) is 5.23. The average Bonchev–Trinajstić information content (AvgIpc) is 2.56. The first-order valence-corrected chi connectivity index (χ1v) is 8.23. The van der Waals surface area contributed by atoms with E-state index in [9.17, 15) is 0 Å². The van der Waals surface area contributed by atoms with Crippen LogP contribution in [0.1, 0.15) is 52.4 Å². The molecule has 1 aliphatic carbocycles. The molecular weight excluding hydrogens is 234 g/mol. The lowest BCUT2D eigenvalue weighted by molar-refractivity contribution is 0.0705. The number of likely N-dealkylation sites (N-methyl/N-ethyl adjacent to an activating group) is 1. The van der Waals surface area contributed by atoms with Gasteiger partial charge in [0.25, 0.3) is 0 Å². The fourth-order valence-corrected chi connectivity index (χ4v) is 3.71. The van der Waals surface area contributed by atoms with Crippen molar-refractivity contribution in [3.8, 4) is 0 Å². The summed E-state index contributed by atoms with van der Waals surface area (Å²) >= 11 is 0. The summed E-state index contributed by atoms with van der Waals surface area (Å²) in [6.45, 7) is 9.17. The first kappa shape index (κ1) is 15.3. The molecular formula is C16H33N3. The average molecular weight is 267 g/mol. The van der Waals surface area contributed by atoms with Crippen molar-refractivity contribution >= 4 is 0 Å². The molecule has 1 atom stereocenters. The Morgan fingerprint density at radius 2 is 1.95 bits per heavy atom. The monoisotopic (exact) mass is 267 g/mol. The van der Waals surface area contributed by atoms with Crippen molar-refractivity contribution in [2.45, 2.75) is 64.0 Å². The van der Waals surface area contributed by atoms with E-state index in [1.807, 2.05) is 0 Å². The molecule has 112 valence electrons. The Balaban J connectivity index is 1.96. The van der Waals surface area contributed by atoms with Gasteiger partial charge in [0.2, 0.25) is 0 Å². The molecule has 0 bridgehead atoms. The van der Waals surface area contributed by atoms with E-state index < -0.39 is 0 Å². The maximum Gasteiger partial charge on any atom is 0.0341 e. The Hall–Kier alpha value is -0.120. The Bertz CT molecular complexity index is 275. The van der Waals surface area contributed by atoms with Gasteiger partial charge in [-0.05, 0) is 65.5 Å². The van der Waals surface area contributed by atoms with Gasteiger partial charge in [0.05, 0.1) is 0 Å². The first-order chi connectivity index (χ1) is 9.07. The fourth-order valence-electron chi connectivity index (χ4n) is 3.71. The molecule has 2 aliphatic rings. The van der Waals surface area contributed by atoms with Gasteiger partial charge in [-0.15, -0.1) is 0 Å². The van der Waals surface area contributed by atoms with Crippen LogP contribution in [0.4, 0.5) is 0 Å². The van der Waals surface area contributed by atoms with Gasteiger partial charge in [0.1, 0.15) is 0 Å². The van der Waals surface area contributed by atoms with Gasteiger partial charge in [-0.2, -0.15) is 0 Å². The summed E-state index contributed by atoms with van der Waals surface area (Å²) in [7, 11) is 2.32. The molecule has 2 fully saturated rings. The van der Waals surface area contributed by atoms with Gasteiger partial charge in [-0.25, -0.2) is 0 Å². The second kappa shape index (κ2) is 6.55. The zero-order valence-corrected chi connectivity index (χ0v) is 13.2. The van der Waals surface area contributed by atoms with E-state index in [0.717, 1.165) is 12.5 Å². The highest BCUT2D eigenvalue weighted by molar-refractivity contribution is 4.95. The molecule has 1 heterocycles. The van der Waals surface area contributed by atoms with E-state index >= 15 is 0 Å². The van der Waals surface area contributed by atoms with Crippen molar-refractivity contribution < 1.29 is 0 Å². The summed E-state index contributed by atoms with van der Waals surface area (Å²) in [6, 6.07) is 0.672. The smallest absolute Gasteiger partial charge is 0.0341 e. The van der Waals surface area contributed by atoms with Crippen LogP contribution in [0.25, 0.3) is 0 Å². The lowest BCUT2D eigenvalue weighted by Gasteiger charge is -2.44. The van der Waals surface area contributed by atoms with Gasteiger partial charge in [0.15, 0.2) is 0 Å². The summed E-state index contributed by atoms with van der Waals surface area (Å²) in [6.07, 6.45) is 8.12. The highest BCUT2D eigenvalue weighted by Gasteiger charge is 2.37. The van der Waals surface area contributed by atoms with Gasteiger partial charge >= 0.3 is 0 Å². The van der Waals surface area contributed by atoms with E-state index in [1.165, 1.54) is 58.2 Å². The number of nitrogens with zero attached hydrogens (tertiary/aromatic N) is 2. The lowest BCUT2D eigenvalue weighted by atomic mass is 9.82. The molecule has 0 aromatic heterocycles. The van der Waals surface area contributed by atoms with Crippen molar-refractivity contribution in [3.05, 3.63) is 0 Å². The van der Waals surface area contributed by atoms with Gasteiger partial charge in [0, 0.05) is 31.2 Å². The predicted octanol–water partition coefficient (Wildman–Crippen LogP) is 2.31. The second-order valence-electron chi connectivity index (χ2n) is 7.09. The van der Waals surface area contributed by atoms with E-state index in [4.69, 9.17) is 5.73 Å². The number of hydrogen-bond donors (Lipinski definition) is 1. The molecule has 0 aromatic carbocycles. The molecule has 0 radical (unpaired) electrons. The number of nitrogens with two attached hydrogens (primary N) is 1. The third-order valence-corrected chi connectivity index (χ3v) is 5.63.